The average Bonchev–Trinajstić information content (AvgIpc) is 2.65. The molecule has 1 aromatic carbocycles. The standard InChI is InChI=1S/C12H9F2N3O2/c13-12(14)18-9-4-3-7(6-10(9)19-12)17-8-2-1-5-16-11(8)15/h1-6,17H,(H2,15,16). The van der Waals surface area contributed by atoms with Gasteiger partial charge in [-0.1, -0.05) is 0 Å². The Kier molecular flexibility index (Phi) is 2.41. The molecule has 0 amide bonds. The largest absolute Gasteiger partial charge is 0.586 e. The van der Waals surface area contributed by atoms with Crippen molar-refractivity contribution in [2.45, 2.75) is 6.29 Å². The van der Waals surface area contributed by atoms with E-state index in [2.05, 4.69) is 19.8 Å². The van der Waals surface area contributed by atoms with Gasteiger partial charge in [0, 0.05) is 18.0 Å². The first kappa shape index (κ1) is 11.5. The summed E-state index contributed by atoms with van der Waals surface area (Å²) in [7, 11) is 0. The van der Waals surface area contributed by atoms with E-state index in [9.17, 15) is 8.78 Å². The Labute approximate surface area is 107 Å². The van der Waals surface area contributed by atoms with Crippen LogP contribution in [0.1, 0.15) is 0 Å². The first-order valence-electron chi connectivity index (χ1n) is 5.41. The Balaban J connectivity index is 1.87. The maximum atomic E-state index is 12.9. The van der Waals surface area contributed by atoms with Gasteiger partial charge < -0.3 is 20.5 Å². The summed E-state index contributed by atoms with van der Waals surface area (Å²) in [6.45, 7) is 0. The van der Waals surface area contributed by atoms with E-state index in [0.29, 0.717) is 17.2 Å². The first-order chi connectivity index (χ1) is 9.03. The molecule has 5 nitrogen and oxygen atoms in total. The number of hydrogen-bond donors (Lipinski definition) is 2. The molecule has 0 saturated heterocycles. The molecule has 0 saturated carbocycles. The first-order valence-corrected chi connectivity index (χ1v) is 5.41. The lowest BCUT2D eigenvalue weighted by atomic mass is 10.2. The number of nitrogens with zero attached hydrogens (tertiary/aromatic N) is 1. The van der Waals surface area contributed by atoms with Crippen molar-refractivity contribution in [3.8, 4) is 11.5 Å². The molecule has 1 aliphatic rings. The highest BCUT2D eigenvalue weighted by atomic mass is 19.3. The van der Waals surface area contributed by atoms with Crippen LogP contribution in [0.2, 0.25) is 0 Å². The number of halogens is 2. The van der Waals surface area contributed by atoms with Crippen molar-refractivity contribution < 1.29 is 18.3 Å². The van der Waals surface area contributed by atoms with Crippen molar-refractivity contribution >= 4 is 17.2 Å². The van der Waals surface area contributed by atoms with Gasteiger partial charge in [-0.3, -0.25) is 0 Å². The van der Waals surface area contributed by atoms with Crippen LogP contribution in [0.25, 0.3) is 0 Å². The Bertz CT molecular complexity index is 634. The van der Waals surface area contributed by atoms with Crippen molar-refractivity contribution in [1.82, 2.24) is 4.98 Å². The number of ether oxygens (including phenoxy) is 2. The summed E-state index contributed by atoms with van der Waals surface area (Å²) >= 11 is 0. The summed E-state index contributed by atoms with van der Waals surface area (Å²) in [5, 5.41) is 2.96. The molecule has 1 aromatic heterocycles. The molecule has 0 unspecified atom stereocenters. The molecule has 2 aromatic rings. The highest BCUT2D eigenvalue weighted by Gasteiger charge is 2.43. The van der Waals surface area contributed by atoms with Gasteiger partial charge in [0.25, 0.3) is 0 Å². The van der Waals surface area contributed by atoms with E-state index in [1.54, 1.807) is 24.4 Å². The van der Waals surface area contributed by atoms with E-state index in [1.165, 1.54) is 12.1 Å². The Morgan fingerprint density at radius 3 is 2.74 bits per heavy atom. The van der Waals surface area contributed by atoms with E-state index < -0.39 is 6.29 Å². The molecule has 0 fully saturated rings. The number of nitrogens with one attached hydrogen (secondary N) is 1. The highest BCUT2D eigenvalue weighted by Crippen LogP contribution is 2.42. The third-order valence-electron chi connectivity index (χ3n) is 2.52. The summed E-state index contributed by atoms with van der Waals surface area (Å²) in [6.07, 6.45) is -2.06. The Hall–Kier alpha value is -2.57. The number of anilines is 3. The van der Waals surface area contributed by atoms with Gasteiger partial charge in [0.15, 0.2) is 11.5 Å². The minimum atomic E-state index is -3.62. The number of fused-ring (bicyclic) bond motifs is 1. The molecule has 3 N–H and O–H groups in total. The molecule has 7 heteroatoms. The lowest BCUT2D eigenvalue weighted by Crippen LogP contribution is -2.25. The maximum absolute atomic E-state index is 12.9. The number of rotatable bonds is 2. The zero-order chi connectivity index (χ0) is 13.5. The zero-order valence-corrected chi connectivity index (χ0v) is 9.56. The van der Waals surface area contributed by atoms with Crippen LogP contribution < -0.4 is 20.5 Å². The second-order valence-electron chi connectivity index (χ2n) is 3.89. The Morgan fingerprint density at radius 1 is 1.16 bits per heavy atom. The second-order valence-corrected chi connectivity index (χ2v) is 3.89. The van der Waals surface area contributed by atoms with Gasteiger partial charge >= 0.3 is 6.29 Å². The van der Waals surface area contributed by atoms with E-state index in [-0.39, 0.29) is 11.5 Å². The highest BCUT2D eigenvalue weighted by molar-refractivity contribution is 5.71. The number of nitrogen functional groups attached to an aromatic ring is 1. The second kappa shape index (κ2) is 3.98. The fraction of sp³-hybridized carbons (Fsp3) is 0.0833. The quantitative estimate of drug-likeness (QED) is 0.873. The minimum Gasteiger partial charge on any atom is -0.395 e. The van der Waals surface area contributed by atoms with E-state index in [0.717, 1.165) is 0 Å². The molecule has 3 rings (SSSR count). The van der Waals surface area contributed by atoms with Crippen LogP contribution in [0.4, 0.5) is 26.0 Å². The van der Waals surface area contributed by atoms with Crippen molar-refractivity contribution in [3.63, 3.8) is 0 Å². The molecule has 0 atom stereocenters. The van der Waals surface area contributed by atoms with Gasteiger partial charge in [-0.15, -0.1) is 8.78 Å². The third kappa shape index (κ3) is 2.22. The number of aromatic nitrogens is 1. The monoisotopic (exact) mass is 265 g/mol. The molecule has 19 heavy (non-hydrogen) atoms. The van der Waals surface area contributed by atoms with Crippen molar-refractivity contribution in [2.24, 2.45) is 0 Å². The molecule has 1 aliphatic heterocycles. The van der Waals surface area contributed by atoms with Gasteiger partial charge in [0.2, 0.25) is 0 Å². The normalized spacial score (nSPS) is 15.3. The molecule has 0 bridgehead atoms. The fourth-order valence-electron chi connectivity index (χ4n) is 1.71. The predicted octanol–water partition coefficient (Wildman–Crippen LogP) is 2.73. The minimum absolute atomic E-state index is 0.00490. The number of benzene rings is 1. The van der Waals surface area contributed by atoms with Gasteiger partial charge in [-0.2, -0.15) is 0 Å². The summed E-state index contributed by atoms with van der Waals surface area (Å²) in [5.41, 5.74) is 6.79. The van der Waals surface area contributed by atoms with Gasteiger partial charge in [0.1, 0.15) is 5.82 Å². The summed E-state index contributed by atoms with van der Waals surface area (Å²) in [6, 6.07) is 7.81. The maximum Gasteiger partial charge on any atom is 0.586 e. The predicted molar refractivity (Wildman–Crippen MR) is 64.6 cm³/mol. The summed E-state index contributed by atoms with van der Waals surface area (Å²) < 4.78 is 34.4. The van der Waals surface area contributed by atoms with Crippen LogP contribution in [-0.2, 0) is 0 Å². The average molecular weight is 265 g/mol. The SMILES string of the molecule is Nc1ncccc1Nc1ccc2c(c1)OC(F)(F)O2. The molecular formula is C12H9F2N3O2. The van der Waals surface area contributed by atoms with Crippen LogP contribution >= 0.6 is 0 Å². The lowest BCUT2D eigenvalue weighted by molar-refractivity contribution is -0.286. The number of alkyl halides is 2. The van der Waals surface area contributed by atoms with E-state index >= 15 is 0 Å². The summed E-state index contributed by atoms with van der Waals surface area (Å²) in [4.78, 5) is 3.91. The van der Waals surface area contributed by atoms with Crippen molar-refractivity contribution in [2.75, 3.05) is 11.1 Å². The Morgan fingerprint density at radius 2 is 1.95 bits per heavy atom. The van der Waals surface area contributed by atoms with Crippen molar-refractivity contribution in [1.29, 1.82) is 0 Å². The molecule has 0 aliphatic carbocycles. The molecule has 98 valence electrons. The fourth-order valence-corrected chi connectivity index (χ4v) is 1.71. The van der Waals surface area contributed by atoms with Gasteiger partial charge in [-0.05, 0) is 24.3 Å². The number of pyridine rings is 1. The van der Waals surface area contributed by atoms with E-state index in [1.807, 2.05) is 0 Å². The van der Waals surface area contributed by atoms with Crippen LogP contribution in [0, 0.1) is 0 Å². The summed E-state index contributed by atoms with van der Waals surface area (Å²) in [5.74, 6) is 0.276. The number of nitrogens with two attached hydrogens (primary N) is 1. The molecule has 2 heterocycles. The van der Waals surface area contributed by atoms with Crippen LogP contribution in [0.3, 0.4) is 0 Å². The van der Waals surface area contributed by atoms with Crippen LogP contribution in [0.5, 0.6) is 11.5 Å². The van der Waals surface area contributed by atoms with Crippen LogP contribution in [0.15, 0.2) is 36.5 Å². The zero-order valence-electron chi connectivity index (χ0n) is 9.56. The smallest absolute Gasteiger partial charge is 0.395 e. The number of hydrogen-bond acceptors (Lipinski definition) is 5. The van der Waals surface area contributed by atoms with Gasteiger partial charge in [-0.25, -0.2) is 4.98 Å². The third-order valence-corrected chi connectivity index (χ3v) is 2.52. The van der Waals surface area contributed by atoms with Crippen LogP contribution in [-0.4, -0.2) is 11.3 Å². The molecule has 0 radical (unpaired) electrons. The lowest BCUT2D eigenvalue weighted by Gasteiger charge is -2.08. The molecular weight excluding hydrogens is 256 g/mol. The topological polar surface area (TPSA) is 69.4 Å². The van der Waals surface area contributed by atoms with Gasteiger partial charge in [0.05, 0.1) is 5.69 Å². The van der Waals surface area contributed by atoms with E-state index in [4.69, 9.17) is 5.73 Å². The molecule has 0 spiro atoms. The van der Waals surface area contributed by atoms with Crippen molar-refractivity contribution in [3.05, 3.63) is 36.5 Å².